The molecule has 0 spiro atoms. The fourth-order valence-corrected chi connectivity index (χ4v) is 5.78. The van der Waals surface area contributed by atoms with Crippen LogP contribution in [0.25, 0.3) is 0 Å². The van der Waals surface area contributed by atoms with Crippen molar-refractivity contribution >= 4 is 11.6 Å². The van der Waals surface area contributed by atoms with E-state index in [1.807, 2.05) is 6.07 Å². The molecular formula is C22H28F2N6O. The van der Waals surface area contributed by atoms with Crippen LogP contribution in [-0.4, -0.2) is 42.1 Å². The van der Waals surface area contributed by atoms with Crippen LogP contribution in [0.2, 0.25) is 0 Å². The highest BCUT2D eigenvalue weighted by atomic mass is 19.3. The molecule has 0 bridgehead atoms. The normalized spacial score (nSPS) is 35.4. The van der Waals surface area contributed by atoms with Gasteiger partial charge in [0.2, 0.25) is 5.91 Å². The number of benzene rings is 1. The average molecular weight is 431 g/mol. The van der Waals surface area contributed by atoms with Crippen LogP contribution in [0.4, 0.5) is 14.5 Å². The van der Waals surface area contributed by atoms with Gasteiger partial charge in [0.05, 0.1) is 23.9 Å². The van der Waals surface area contributed by atoms with E-state index in [2.05, 4.69) is 32.5 Å². The Hall–Kier alpha value is -2.28. The minimum atomic E-state index is -2.44. The van der Waals surface area contributed by atoms with Crippen LogP contribution >= 0.6 is 0 Å². The molecule has 4 N–H and O–H groups in total. The Morgan fingerprint density at radius 2 is 2.03 bits per heavy atom. The lowest BCUT2D eigenvalue weighted by atomic mass is 9.83. The van der Waals surface area contributed by atoms with Crippen molar-refractivity contribution in [2.75, 3.05) is 11.9 Å². The summed E-state index contributed by atoms with van der Waals surface area (Å²) in [5.41, 5.74) is 5.80. The summed E-state index contributed by atoms with van der Waals surface area (Å²) < 4.78 is 26.4. The SMILES string of the molecule is N#C[C@H]1CCCC[C@@H]1N1NC(Nc2ccc3c(c2)CNC3C(F)F)C2C(=O)NCCC21. The van der Waals surface area contributed by atoms with Crippen molar-refractivity contribution in [3.05, 3.63) is 29.3 Å². The van der Waals surface area contributed by atoms with Crippen molar-refractivity contribution in [1.29, 1.82) is 5.26 Å². The third-order valence-corrected chi connectivity index (χ3v) is 7.28. The Morgan fingerprint density at radius 3 is 2.84 bits per heavy atom. The molecule has 9 heteroatoms. The third kappa shape index (κ3) is 3.67. The fourth-order valence-electron chi connectivity index (χ4n) is 5.78. The first-order valence-corrected chi connectivity index (χ1v) is 11.2. The van der Waals surface area contributed by atoms with Crippen LogP contribution < -0.4 is 21.4 Å². The molecule has 0 radical (unpaired) electrons. The number of nitrogens with one attached hydrogen (secondary N) is 4. The lowest BCUT2D eigenvalue weighted by molar-refractivity contribution is -0.128. The first-order chi connectivity index (χ1) is 15.1. The van der Waals surface area contributed by atoms with E-state index < -0.39 is 12.5 Å². The van der Waals surface area contributed by atoms with Crippen molar-refractivity contribution in [3.63, 3.8) is 0 Å². The maximum absolute atomic E-state index is 13.2. The molecule has 1 aliphatic carbocycles. The largest absolute Gasteiger partial charge is 0.368 e. The lowest BCUT2D eigenvalue weighted by Crippen LogP contribution is -2.54. The number of rotatable bonds is 4. The number of halogens is 2. The van der Waals surface area contributed by atoms with Gasteiger partial charge in [-0.1, -0.05) is 18.9 Å². The minimum absolute atomic E-state index is 0.00802. The number of nitriles is 1. The monoisotopic (exact) mass is 430 g/mol. The van der Waals surface area contributed by atoms with Gasteiger partial charge in [0.15, 0.2) is 0 Å². The van der Waals surface area contributed by atoms with Gasteiger partial charge >= 0.3 is 0 Å². The summed E-state index contributed by atoms with van der Waals surface area (Å²) in [5, 5.41) is 21.1. The molecular weight excluding hydrogens is 402 g/mol. The van der Waals surface area contributed by atoms with E-state index in [1.165, 1.54) is 0 Å². The van der Waals surface area contributed by atoms with E-state index >= 15 is 0 Å². The molecule has 31 heavy (non-hydrogen) atoms. The number of anilines is 1. The Labute approximate surface area is 180 Å². The summed E-state index contributed by atoms with van der Waals surface area (Å²) >= 11 is 0. The van der Waals surface area contributed by atoms with Crippen molar-refractivity contribution < 1.29 is 13.6 Å². The highest BCUT2D eigenvalue weighted by molar-refractivity contribution is 5.82. The van der Waals surface area contributed by atoms with Crippen LogP contribution in [0.5, 0.6) is 0 Å². The summed E-state index contributed by atoms with van der Waals surface area (Å²) in [7, 11) is 0. The number of nitrogens with zero attached hydrogens (tertiary/aromatic N) is 2. The van der Waals surface area contributed by atoms with E-state index in [-0.39, 0.29) is 36.0 Å². The summed E-state index contributed by atoms with van der Waals surface area (Å²) in [6, 6.07) is 7.12. The van der Waals surface area contributed by atoms with E-state index in [9.17, 15) is 18.8 Å². The maximum Gasteiger partial charge on any atom is 0.257 e. The third-order valence-electron chi connectivity index (χ3n) is 7.28. The number of piperidine rings is 1. The maximum atomic E-state index is 13.2. The van der Waals surface area contributed by atoms with Crippen molar-refractivity contribution in [2.24, 2.45) is 11.8 Å². The van der Waals surface area contributed by atoms with Gasteiger partial charge in [0.25, 0.3) is 6.43 Å². The lowest BCUT2D eigenvalue weighted by Gasteiger charge is -2.39. The first kappa shape index (κ1) is 20.6. The molecule has 4 aliphatic rings. The minimum Gasteiger partial charge on any atom is -0.368 e. The Kier molecular flexibility index (Phi) is 5.54. The predicted octanol–water partition coefficient (Wildman–Crippen LogP) is 2.24. The van der Waals surface area contributed by atoms with Crippen LogP contribution in [0, 0.1) is 23.2 Å². The highest BCUT2D eigenvalue weighted by Gasteiger charge is 2.51. The second-order valence-corrected chi connectivity index (χ2v) is 9.03. The van der Waals surface area contributed by atoms with Gasteiger partial charge in [-0.05, 0) is 42.5 Å². The van der Waals surface area contributed by atoms with Crippen molar-refractivity contribution in [3.8, 4) is 6.07 Å². The first-order valence-electron chi connectivity index (χ1n) is 11.2. The van der Waals surface area contributed by atoms with Crippen molar-refractivity contribution in [2.45, 2.75) is 69.4 Å². The predicted molar refractivity (Wildman–Crippen MR) is 111 cm³/mol. The topological polar surface area (TPSA) is 92.2 Å². The second kappa shape index (κ2) is 8.34. The second-order valence-electron chi connectivity index (χ2n) is 9.03. The Morgan fingerprint density at radius 1 is 1.19 bits per heavy atom. The number of alkyl halides is 2. The smallest absolute Gasteiger partial charge is 0.257 e. The molecule has 4 unspecified atom stereocenters. The zero-order chi connectivity index (χ0) is 21.5. The van der Waals surface area contributed by atoms with E-state index in [1.54, 1.807) is 12.1 Å². The summed E-state index contributed by atoms with van der Waals surface area (Å²) in [6.07, 6.45) is 2.07. The van der Waals surface area contributed by atoms with Crippen LogP contribution in [-0.2, 0) is 11.3 Å². The molecule has 1 saturated carbocycles. The molecule has 1 amide bonds. The van der Waals surface area contributed by atoms with E-state index in [0.717, 1.165) is 43.4 Å². The van der Waals surface area contributed by atoms with Gasteiger partial charge in [0.1, 0.15) is 6.17 Å². The highest BCUT2D eigenvalue weighted by Crippen LogP contribution is 2.37. The van der Waals surface area contributed by atoms with E-state index in [0.29, 0.717) is 18.7 Å². The van der Waals surface area contributed by atoms with Gasteiger partial charge in [0, 0.05) is 30.9 Å². The number of carbonyl (C=O) groups is 1. The van der Waals surface area contributed by atoms with Crippen LogP contribution in [0.1, 0.15) is 49.3 Å². The number of carbonyl (C=O) groups excluding carboxylic acids is 1. The molecule has 3 heterocycles. The molecule has 166 valence electrons. The number of amides is 1. The molecule has 0 aromatic heterocycles. The van der Waals surface area contributed by atoms with Gasteiger partial charge in [-0.3, -0.25) is 4.79 Å². The van der Waals surface area contributed by atoms with Gasteiger partial charge in [-0.15, -0.1) is 0 Å². The molecule has 7 nitrogen and oxygen atoms in total. The van der Waals surface area contributed by atoms with Crippen molar-refractivity contribution in [1.82, 2.24) is 21.1 Å². The average Bonchev–Trinajstić information content (AvgIpc) is 3.36. The van der Waals surface area contributed by atoms with Crippen LogP contribution in [0.15, 0.2) is 18.2 Å². The number of hydrogen-bond acceptors (Lipinski definition) is 6. The summed E-state index contributed by atoms with van der Waals surface area (Å²) in [4.78, 5) is 12.8. The quantitative estimate of drug-likeness (QED) is 0.586. The molecule has 6 atom stereocenters. The summed E-state index contributed by atoms with van der Waals surface area (Å²) in [6.45, 7) is 1.04. The number of hydrogen-bond donors (Lipinski definition) is 4. The molecule has 1 aromatic rings. The molecule has 3 aliphatic heterocycles. The fraction of sp³-hybridized carbons (Fsp3) is 0.636. The molecule has 2 saturated heterocycles. The molecule has 3 fully saturated rings. The number of fused-ring (bicyclic) bond motifs is 2. The van der Waals surface area contributed by atoms with Crippen LogP contribution in [0.3, 0.4) is 0 Å². The summed E-state index contributed by atoms with van der Waals surface area (Å²) in [5.74, 6) is -0.313. The zero-order valence-corrected chi connectivity index (χ0v) is 17.3. The molecule has 1 aromatic carbocycles. The van der Waals surface area contributed by atoms with Gasteiger partial charge in [-0.2, -0.15) is 5.26 Å². The van der Waals surface area contributed by atoms with Gasteiger partial charge in [-0.25, -0.2) is 19.2 Å². The standard InChI is InChI=1S/C22H28F2N6O/c23-20(24)19-15-6-5-14(9-13(15)11-27-19)28-21-18-17(7-8-26-22(18)31)30(29-21)16-4-2-1-3-12(16)10-25/h5-6,9,12,16-21,27-29H,1-4,7-8,11H2,(H,26,31)/t12-,16+,17?,18?,19?,21?/m1/s1. The van der Waals surface area contributed by atoms with Gasteiger partial charge < -0.3 is 16.0 Å². The number of hydrazine groups is 1. The van der Waals surface area contributed by atoms with E-state index in [4.69, 9.17) is 0 Å². The molecule has 5 rings (SSSR count). The Bertz CT molecular complexity index is 889. The Balaban J connectivity index is 1.38. The zero-order valence-electron chi connectivity index (χ0n) is 17.3.